The lowest BCUT2D eigenvalue weighted by Crippen LogP contribution is -2.13. The van der Waals surface area contributed by atoms with E-state index in [1.807, 2.05) is 0 Å². The number of halogens is 2. The van der Waals surface area contributed by atoms with Crippen LogP contribution in [0, 0.1) is 0 Å². The molecular formula is C13H8BrClN2O3. The SMILES string of the molecule is O=C(O)c1ccc(NC(=O)c2cccnc2Cl)c(Br)c1. The summed E-state index contributed by atoms with van der Waals surface area (Å²) in [6.45, 7) is 0. The van der Waals surface area contributed by atoms with Gasteiger partial charge in [0.1, 0.15) is 5.15 Å². The fourth-order valence-electron chi connectivity index (χ4n) is 1.49. The zero-order valence-corrected chi connectivity index (χ0v) is 12.3. The topological polar surface area (TPSA) is 79.3 Å². The number of amides is 1. The van der Waals surface area contributed by atoms with Crippen molar-refractivity contribution in [3.05, 3.63) is 57.3 Å². The third-order valence-electron chi connectivity index (χ3n) is 2.47. The van der Waals surface area contributed by atoms with E-state index in [1.165, 1.54) is 24.4 Å². The van der Waals surface area contributed by atoms with Crippen LogP contribution in [0.25, 0.3) is 0 Å². The number of nitrogens with one attached hydrogen (secondary N) is 1. The number of carbonyl (C=O) groups is 2. The first-order chi connectivity index (χ1) is 9.49. The van der Waals surface area contributed by atoms with Gasteiger partial charge in [-0.05, 0) is 46.3 Å². The molecule has 0 aliphatic rings. The van der Waals surface area contributed by atoms with Crippen molar-refractivity contribution in [2.45, 2.75) is 0 Å². The van der Waals surface area contributed by atoms with Gasteiger partial charge in [0.2, 0.25) is 0 Å². The zero-order chi connectivity index (χ0) is 14.7. The summed E-state index contributed by atoms with van der Waals surface area (Å²) < 4.78 is 0.464. The van der Waals surface area contributed by atoms with Crippen LogP contribution in [0.15, 0.2) is 41.0 Å². The van der Waals surface area contributed by atoms with Crippen LogP contribution in [-0.2, 0) is 0 Å². The number of rotatable bonds is 3. The van der Waals surface area contributed by atoms with Gasteiger partial charge in [-0.15, -0.1) is 0 Å². The number of aromatic nitrogens is 1. The Morgan fingerprint density at radius 3 is 2.65 bits per heavy atom. The van der Waals surface area contributed by atoms with E-state index in [-0.39, 0.29) is 16.3 Å². The number of anilines is 1. The van der Waals surface area contributed by atoms with Crippen molar-refractivity contribution in [1.29, 1.82) is 0 Å². The maximum absolute atomic E-state index is 12.0. The van der Waals surface area contributed by atoms with E-state index in [0.717, 1.165) is 0 Å². The molecule has 5 nitrogen and oxygen atoms in total. The molecule has 2 aromatic rings. The maximum Gasteiger partial charge on any atom is 0.335 e. The Bertz CT molecular complexity index is 691. The van der Waals surface area contributed by atoms with Crippen LogP contribution in [-0.4, -0.2) is 22.0 Å². The fourth-order valence-corrected chi connectivity index (χ4v) is 2.18. The molecule has 0 unspecified atom stereocenters. The number of hydrogen-bond acceptors (Lipinski definition) is 3. The average molecular weight is 356 g/mol. The minimum absolute atomic E-state index is 0.100. The van der Waals surface area contributed by atoms with Gasteiger partial charge in [-0.2, -0.15) is 0 Å². The summed E-state index contributed by atoms with van der Waals surface area (Å²) in [5, 5.41) is 11.6. The van der Waals surface area contributed by atoms with Crippen LogP contribution in [0.3, 0.4) is 0 Å². The van der Waals surface area contributed by atoms with Gasteiger partial charge in [0.25, 0.3) is 5.91 Å². The fraction of sp³-hybridized carbons (Fsp3) is 0. The molecule has 0 aliphatic heterocycles. The van der Waals surface area contributed by atoms with Crippen molar-refractivity contribution in [1.82, 2.24) is 4.98 Å². The Labute approximate surface area is 127 Å². The van der Waals surface area contributed by atoms with Crippen LogP contribution in [0.2, 0.25) is 5.15 Å². The lowest BCUT2D eigenvalue weighted by molar-refractivity contribution is 0.0696. The summed E-state index contributed by atoms with van der Waals surface area (Å²) in [5.74, 6) is -1.47. The predicted molar refractivity (Wildman–Crippen MR) is 78.3 cm³/mol. The molecule has 2 N–H and O–H groups in total. The summed E-state index contributed by atoms with van der Waals surface area (Å²) in [6, 6.07) is 7.44. The molecule has 1 heterocycles. The first kappa shape index (κ1) is 14.5. The molecular weight excluding hydrogens is 348 g/mol. The maximum atomic E-state index is 12.0. The summed E-state index contributed by atoms with van der Waals surface area (Å²) in [6.07, 6.45) is 1.48. The predicted octanol–water partition coefficient (Wildman–Crippen LogP) is 3.45. The molecule has 0 fully saturated rings. The summed E-state index contributed by atoms with van der Waals surface area (Å²) in [5.41, 5.74) is 0.803. The van der Waals surface area contributed by atoms with Crippen molar-refractivity contribution >= 4 is 45.1 Å². The van der Waals surface area contributed by atoms with E-state index < -0.39 is 11.9 Å². The number of hydrogen-bond donors (Lipinski definition) is 2. The molecule has 0 saturated heterocycles. The van der Waals surface area contributed by atoms with Crippen LogP contribution in [0.4, 0.5) is 5.69 Å². The minimum atomic E-state index is -1.04. The molecule has 1 amide bonds. The first-order valence-electron chi connectivity index (χ1n) is 5.44. The summed E-state index contributed by atoms with van der Waals surface area (Å²) in [4.78, 5) is 26.7. The lowest BCUT2D eigenvalue weighted by atomic mass is 10.2. The van der Waals surface area contributed by atoms with Crippen LogP contribution in [0.1, 0.15) is 20.7 Å². The number of carbonyl (C=O) groups excluding carboxylic acids is 1. The van der Waals surface area contributed by atoms with Gasteiger partial charge in [-0.25, -0.2) is 9.78 Å². The second kappa shape index (κ2) is 6.02. The van der Waals surface area contributed by atoms with Crippen molar-refractivity contribution in [3.8, 4) is 0 Å². The van der Waals surface area contributed by atoms with Crippen LogP contribution < -0.4 is 5.32 Å². The normalized spacial score (nSPS) is 10.1. The van der Waals surface area contributed by atoms with Gasteiger partial charge in [-0.1, -0.05) is 11.6 Å². The molecule has 1 aromatic heterocycles. The van der Waals surface area contributed by atoms with E-state index in [0.29, 0.717) is 10.2 Å². The number of carboxylic acid groups (broad SMARTS) is 1. The van der Waals surface area contributed by atoms with E-state index >= 15 is 0 Å². The lowest BCUT2D eigenvalue weighted by Gasteiger charge is -2.08. The van der Waals surface area contributed by atoms with Gasteiger partial charge in [0, 0.05) is 10.7 Å². The van der Waals surface area contributed by atoms with E-state index in [4.69, 9.17) is 16.7 Å². The van der Waals surface area contributed by atoms with Crippen LogP contribution in [0.5, 0.6) is 0 Å². The molecule has 2 rings (SSSR count). The molecule has 7 heteroatoms. The highest BCUT2D eigenvalue weighted by Gasteiger charge is 2.13. The Morgan fingerprint density at radius 1 is 1.30 bits per heavy atom. The second-order valence-corrected chi connectivity index (χ2v) is 5.01. The molecule has 102 valence electrons. The van der Waals surface area contributed by atoms with Crippen molar-refractivity contribution in [2.24, 2.45) is 0 Å². The standard InChI is InChI=1S/C13H8BrClN2O3/c14-9-6-7(13(19)20)3-4-10(9)17-12(18)8-2-1-5-16-11(8)15/h1-6H,(H,17,18)(H,19,20). The molecule has 0 atom stereocenters. The van der Waals surface area contributed by atoms with Gasteiger partial charge in [-0.3, -0.25) is 4.79 Å². The van der Waals surface area contributed by atoms with E-state index in [1.54, 1.807) is 12.1 Å². The van der Waals surface area contributed by atoms with E-state index in [2.05, 4.69) is 26.2 Å². The molecule has 0 saturated carbocycles. The van der Waals surface area contributed by atoms with Gasteiger partial charge >= 0.3 is 5.97 Å². The van der Waals surface area contributed by atoms with Crippen molar-refractivity contribution in [3.63, 3.8) is 0 Å². The Hall–Kier alpha value is -1.92. The summed E-state index contributed by atoms with van der Waals surface area (Å²) >= 11 is 9.04. The van der Waals surface area contributed by atoms with Gasteiger partial charge < -0.3 is 10.4 Å². The van der Waals surface area contributed by atoms with E-state index in [9.17, 15) is 9.59 Å². The second-order valence-electron chi connectivity index (χ2n) is 3.80. The molecule has 0 bridgehead atoms. The molecule has 0 radical (unpaired) electrons. The highest BCUT2D eigenvalue weighted by atomic mass is 79.9. The molecule has 1 aromatic carbocycles. The number of carboxylic acids is 1. The quantitative estimate of drug-likeness (QED) is 0.827. The molecule has 0 aliphatic carbocycles. The third kappa shape index (κ3) is 3.15. The molecule has 0 spiro atoms. The van der Waals surface area contributed by atoms with Crippen molar-refractivity contribution in [2.75, 3.05) is 5.32 Å². The largest absolute Gasteiger partial charge is 0.478 e. The Kier molecular flexibility index (Phi) is 4.36. The van der Waals surface area contributed by atoms with Gasteiger partial charge in [0.05, 0.1) is 16.8 Å². The first-order valence-corrected chi connectivity index (χ1v) is 6.61. The number of pyridine rings is 1. The highest BCUT2D eigenvalue weighted by molar-refractivity contribution is 9.10. The third-order valence-corrected chi connectivity index (χ3v) is 3.43. The van der Waals surface area contributed by atoms with Crippen LogP contribution >= 0.6 is 27.5 Å². The zero-order valence-electron chi connectivity index (χ0n) is 9.93. The number of benzene rings is 1. The summed E-state index contributed by atoms with van der Waals surface area (Å²) in [7, 11) is 0. The number of nitrogens with zero attached hydrogens (tertiary/aromatic N) is 1. The average Bonchev–Trinajstić information content (AvgIpc) is 2.41. The number of aromatic carboxylic acids is 1. The monoisotopic (exact) mass is 354 g/mol. The minimum Gasteiger partial charge on any atom is -0.478 e. The highest BCUT2D eigenvalue weighted by Crippen LogP contribution is 2.25. The molecule has 20 heavy (non-hydrogen) atoms. The smallest absolute Gasteiger partial charge is 0.335 e. The Balaban J connectivity index is 2.25. The Morgan fingerprint density at radius 2 is 2.05 bits per heavy atom. The van der Waals surface area contributed by atoms with Crippen molar-refractivity contribution < 1.29 is 14.7 Å². The van der Waals surface area contributed by atoms with Gasteiger partial charge in [0.15, 0.2) is 0 Å².